The number of fused-ring (bicyclic) bond motifs is 22. The Bertz CT molecular complexity index is 6560. The van der Waals surface area contributed by atoms with Crippen LogP contribution in [0.4, 0.5) is 34.1 Å². The maximum absolute atomic E-state index is 2.66. The Hall–Kier alpha value is -12.8. The number of benzene rings is 15. The highest BCUT2D eigenvalue weighted by Crippen LogP contribution is 2.55. The van der Waals surface area contributed by atoms with Crippen molar-refractivity contribution in [2.45, 2.75) is 0 Å². The van der Waals surface area contributed by atoms with E-state index in [1.807, 2.05) is 0 Å². The Labute approximate surface area is 558 Å². The molecule has 20 aromatic rings. The van der Waals surface area contributed by atoms with E-state index in [2.05, 4.69) is 362 Å². The fourth-order valence-corrected chi connectivity index (χ4v) is 17.7. The monoisotopic (exact) mass is 1230 g/mol. The van der Waals surface area contributed by atoms with Crippen molar-refractivity contribution in [3.05, 3.63) is 334 Å². The lowest BCUT2D eigenvalue weighted by molar-refractivity contribution is 1.16. The minimum absolute atomic E-state index is 0.179. The summed E-state index contributed by atoms with van der Waals surface area (Å²) < 4.78 is 10.3. The Morgan fingerprint density at radius 1 is 0.227 bits per heavy atom. The van der Waals surface area contributed by atoms with E-state index in [-0.39, 0.29) is 6.71 Å². The molecule has 15 aromatic carbocycles. The fraction of sp³-hybridized carbons (Fsp3) is 0. The molecule has 0 fully saturated rings. The van der Waals surface area contributed by atoms with E-state index >= 15 is 0 Å². The van der Waals surface area contributed by atoms with Crippen LogP contribution < -0.4 is 26.2 Å². The molecule has 22 rings (SSSR count). The number of para-hydroxylation sites is 10. The summed E-state index contributed by atoms with van der Waals surface area (Å²) in [6.45, 7) is -0.179. The van der Waals surface area contributed by atoms with Crippen molar-refractivity contribution in [2.75, 3.05) is 9.80 Å². The molecule has 0 saturated carbocycles. The number of aromatic nitrogens is 4. The number of hydrogen-bond acceptors (Lipinski definition) is 2. The minimum Gasteiger partial charge on any atom is -0.311 e. The van der Waals surface area contributed by atoms with Crippen LogP contribution in [-0.2, 0) is 0 Å². The van der Waals surface area contributed by atoms with Gasteiger partial charge in [0.1, 0.15) is 0 Å². The van der Waals surface area contributed by atoms with Crippen molar-refractivity contribution in [1.82, 2.24) is 18.1 Å². The van der Waals surface area contributed by atoms with Crippen LogP contribution in [0.2, 0.25) is 0 Å². The van der Waals surface area contributed by atoms with Gasteiger partial charge in [0, 0.05) is 105 Å². The van der Waals surface area contributed by atoms with Crippen molar-refractivity contribution in [1.29, 1.82) is 0 Å². The molecular formula is C90H55BN6. The molecule has 5 aromatic heterocycles. The number of rotatable bonds is 7. The van der Waals surface area contributed by atoms with Crippen LogP contribution in [0.15, 0.2) is 334 Å². The number of anilines is 6. The quantitative estimate of drug-likeness (QED) is 0.149. The molecule has 0 N–H and O–H groups in total. The summed E-state index contributed by atoms with van der Waals surface area (Å²) in [7, 11) is 0. The molecular weight excluding hydrogens is 1180 g/mol. The van der Waals surface area contributed by atoms with Crippen LogP contribution >= 0.6 is 0 Å². The predicted molar refractivity (Wildman–Crippen MR) is 409 cm³/mol. The van der Waals surface area contributed by atoms with Crippen molar-refractivity contribution in [3.8, 4) is 39.3 Å². The molecule has 6 nitrogen and oxygen atoms in total. The maximum atomic E-state index is 2.66. The average Bonchev–Trinajstić information content (AvgIpc) is 1.48. The van der Waals surface area contributed by atoms with Gasteiger partial charge in [0.2, 0.25) is 0 Å². The van der Waals surface area contributed by atoms with Gasteiger partial charge in [-0.3, -0.25) is 0 Å². The van der Waals surface area contributed by atoms with Crippen molar-refractivity contribution >= 4 is 161 Å². The molecule has 448 valence electrons. The zero-order valence-corrected chi connectivity index (χ0v) is 52.5. The third-order valence-corrected chi connectivity index (χ3v) is 21.4. The summed E-state index contributed by atoms with van der Waals surface area (Å²) in [6, 6.07) is 125. The first-order chi connectivity index (χ1) is 48.2. The highest BCUT2D eigenvalue weighted by Gasteiger charge is 2.45. The van der Waals surface area contributed by atoms with Gasteiger partial charge >= 0.3 is 0 Å². The van der Waals surface area contributed by atoms with E-state index < -0.39 is 0 Å². The van der Waals surface area contributed by atoms with Gasteiger partial charge in [0.05, 0.1) is 61.0 Å². The molecule has 0 bridgehead atoms. The summed E-state index contributed by atoms with van der Waals surface area (Å²) in [5, 5.41) is 12.3. The van der Waals surface area contributed by atoms with Gasteiger partial charge in [-0.15, -0.1) is 0 Å². The predicted octanol–water partition coefficient (Wildman–Crippen LogP) is 21.5. The lowest BCUT2D eigenvalue weighted by atomic mass is 9.33. The largest absolute Gasteiger partial charge is 0.311 e. The molecule has 7 heteroatoms. The smallest absolute Gasteiger partial charge is 0.252 e. The van der Waals surface area contributed by atoms with Crippen LogP contribution in [0.25, 0.3) is 143 Å². The normalized spacial score (nSPS) is 12.9. The third-order valence-electron chi connectivity index (χ3n) is 21.4. The number of hydrogen-bond donors (Lipinski definition) is 0. The second kappa shape index (κ2) is 19.9. The topological polar surface area (TPSA) is 25.7 Å². The van der Waals surface area contributed by atoms with Crippen molar-refractivity contribution in [2.24, 2.45) is 0 Å². The molecule has 0 spiro atoms. The lowest BCUT2D eigenvalue weighted by Crippen LogP contribution is -2.61. The van der Waals surface area contributed by atoms with Gasteiger partial charge in [0.15, 0.2) is 0 Å². The molecule has 2 aliphatic rings. The first kappa shape index (κ1) is 52.6. The van der Waals surface area contributed by atoms with Crippen molar-refractivity contribution < 1.29 is 0 Å². The molecule has 2 aliphatic heterocycles. The molecule has 0 amide bonds. The Balaban J connectivity index is 0.961. The molecule has 0 unspecified atom stereocenters. The van der Waals surface area contributed by atoms with E-state index in [0.717, 1.165) is 95.5 Å². The van der Waals surface area contributed by atoms with Gasteiger partial charge in [-0.1, -0.05) is 249 Å². The van der Waals surface area contributed by atoms with E-state index in [4.69, 9.17) is 0 Å². The summed E-state index contributed by atoms with van der Waals surface area (Å²) >= 11 is 0. The summed E-state index contributed by atoms with van der Waals surface area (Å²) in [4.78, 5) is 5.28. The number of nitrogens with zero attached hydrogens (tertiary/aromatic N) is 6. The maximum Gasteiger partial charge on any atom is 0.252 e. The highest BCUT2D eigenvalue weighted by atomic mass is 15.2. The highest BCUT2D eigenvalue weighted by molar-refractivity contribution is 7.00. The second-order valence-corrected chi connectivity index (χ2v) is 26.2. The van der Waals surface area contributed by atoms with Gasteiger partial charge in [-0.2, -0.15) is 0 Å². The second-order valence-electron chi connectivity index (χ2n) is 26.2. The fourth-order valence-electron chi connectivity index (χ4n) is 17.7. The molecule has 0 saturated heterocycles. The summed E-state index contributed by atoms with van der Waals surface area (Å²) in [5.41, 5.74) is 29.0. The zero-order chi connectivity index (χ0) is 63.1. The summed E-state index contributed by atoms with van der Waals surface area (Å²) in [5.74, 6) is 0. The van der Waals surface area contributed by atoms with Crippen LogP contribution in [0, 0.1) is 0 Å². The van der Waals surface area contributed by atoms with Crippen molar-refractivity contribution in [3.63, 3.8) is 0 Å². The van der Waals surface area contributed by atoms with Crippen LogP contribution in [0.5, 0.6) is 0 Å². The van der Waals surface area contributed by atoms with E-state index in [1.165, 1.54) is 97.8 Å². The standard InChI is InChI=1S/C90H55BN6/c1-6-28-56(29-7-1)62-42-26-43-63(57-30-8-2-9-31-57)86(62)97-77-51-25-20-46-71(77)91-72-54-70-66-45-27-44-65-64-38-16-21-47-73(64)96(87(65)66)78(70)55-79(72)92(58-32-10-3-11-33-58)80-52-61(53-81(97)85(80)91)95-76-50-24-19-41-69(76)84-89-82(67-39-17-22-48-74(67)93(89)59-34-12-4-13-35-59)88-83(90(84)95)68-40-18-23-49-75(68)94(88)60-36-14-5-15-37-60/h1-55H. The third kappa shape index (κ3) is 7.08. The molecule has 0 atom stereocenters. The Morgan fingerprint density at radius 2 is 0.639 bits per heavy atom. The average molecular weight is 1230 g/mol. The Kier molecular flexibility index (Phi) is 10.8. The summed E-state index contributed by atoms with van der Waals surface area (Å²) in [6.07, 6.45) is 0. The molecule has 7 heterocycles. The SMILES string of the molecule is c1ccc(-c2cccc(-c3ccccc3)c2N2c3ccccc3B3c4cc5c6cccc7c8ccccc8n(c5cc4N(c4ccccc4)c4cc(-n5c8ccccc8c8c9c(c%10ccccc%10n9-c9ccccc9)c9c(c%10ccccc%10n9-c9ccccc9)c85)cc2c43)c76)cc1. The lowest BCUT2D eigenvalue weighted by Gasteiger charge is -2.45. The van der Waals surface area contributed by atoms with Crippen LogP contribution in [0.1, 0.15) is 0 Å². The molecule has 0 aliphatic carbocycles. The van der Waals surface area contributed by atoms with Crippen LogP contribution in [-0.4, -0.2) is 24.8 Å². The Morgan fingerprint density at radius 3 is 1.19 bits per heavy atom. The van der Waals surface area contributed by atoms with Gasteiger partial charge in [-0.25, -0.2) is 0 Å². The first-order valence-corrected chi connectivity index (χ1v) is 33.6. The molecule has 97 heavy (non-hydrogen) atoms. The minimum atomic E-state index is -0.179. The zero-order valence-electron chi connectivity index (χ0n) is 52.5. The van der Waals surface area contributed by atoms with Crippen LogP contribution in [0.3, 0.4) is 0 Å². The molecule has 0 radical (unpaired) electrons. The van der Waals surface area contributed by atoms with E-state index in [1.54, 1.807) is 0 Å². The van der Waals surface area contributed by atoms with E-state index in [0.29, 0.717) is 0 Å². The van der Waals surface area contributed by atoms with Gasteiger partial charge in [0.25, 0.3) is 6.71 Å². The van der Waals surface area contributed by atoms with Gasteiger partial charge < -0.3 is 27.9 Å². The van der Waals surface area contributed by atoms with E-state index in [9.17, 15) is 0 Å². The van der Waals surface area contributed by atoms with Gasteiger partial charge in [-0.05, 0) is 112 Å². The first-order valence-electron chi connectivity index (χ1n) is 33.6.